The van der Waals surface area contributed by atoms with Gasteiger partial charge in [-0.15, -0.1) is 0 Å². The number of piperidine rings is 1. The summed E-state index contributed by atoms with van der Waals surface area (Å²) in [6, 6.07) is 7.82. The van der Waals surface area contributed by atoms with Gasteiger partial charge in [0.25, 0.3) is 0 Å². The summed E-state index contributed by atoms with van der Waals surface area (Å²) in [7, 11) is 0. The molecule has 10 heteroatoms. The van der Waals surface area contributed by atoms with Crippen molar-refractivity contribution in [2.75, 3.05) is 19.6 Å². The lowest BCUT2D eigenvalue weighted by atomic mass is 9.85. The molecular formula is C22H25F4N3O3. The van der Waals surface area contributed by atoms with E-state index in [-0.39, 0.29) is 11.4 Å². The van der Waals surface area contributed by atoms with Crippen LogP contribution in [0.1, 0.15) is 38.3 Å². The zero-order valence-electron chi connectivity index (χ0n) is 17.7. The number of aromatic nitrogens is 1. The first kappa shape index (κ1) is 22.6. The van der Waals surface area contributed by atoms with E-state index < -0.39 is 18.4 Å². The van der Waals surface area contributed by atoms with E-state index in [1.165, 1.54) is 17.0 Å². The number of rotatable bonds is 4. The van der Waals surface area contributed by atoms with Crippen molar-refractivity contribution < 1.29 is 31.6 Å². The molecule has 1 spiro atoms. The SMILES string of the molecule is CC(OC(=O)N1CCC2(CCCN2Cc2cc(-c3ccc(F)cc3)on2)CC1)C(F)(F)F. The fourth-order valence-electron chi connectivity index (χ4n) is 4.54. The molecule has 2 saturated heterocycles. The lowest BCUT2D eigenvalue weighted by molar-refractivity contribution is -0.200. The van der Waals surface area contributed by atoms with Crippen molar-refractivity contribution in [1.82, 2.24) is 15.0 Å². The van der Waals surface area contributed by atoms with Gasteiger partial charge in [-0.25, -0.2) is 9.18 Å². The van der Waals surface area contributed by atoms with Crippen molar-refractivity contribution in [3.8, 4) is 11.3 Å². The lowest BCUT2D eigenvalue weighted by Crippen LogP contribution is -2.53. The quantitative estimate of drug-likeness (QED) is 0.608. The molecule has 2 aliphatic heterocycles. The van der Waals surface area contributed by atoms with Gasteiger partial charge in [0.2, 0.25) is 0 Å². The van der Waals surface area contributed by atoms with Crippen LogP contribution < -0.4 is 0 Å². The molecule has 2 aliphatic rings. The van der Waals surface area contributed by atoms with Crippen LogP contribution in [-0.4, -0.2) is 58.5 Å². The second kappa shape index (κ2) is 8.73. The molecule has 1 amide bonds. The first-order valence-electron chi connectivity index (χ1n) is 10.7. The number of nitrogens with zero attached hydrogens (tertiary/aromatic N) is 3. The standard InChI is InChI=1S/C22H25F4N3O3/c1-15(22(24,25)26)31-20(30)28-11-8-21(9-12-28)7-2-10-29(21)14-18-13-19(32-27-18)16-3-5-17(23)6-4-16/h3-6,13,15H,2,7-12,14H2,1H3. The Labute approximate surface area is 183 Å². The van der Waals surface area contributed by atoms with Gasteiger partial charge in [-0.3, -0.25) is 4.90 Å². The van der Waals surface area contributed by atoms with Crippen molar-refractivity contribution in [2.45, 2.75) is 57.0 Å². The predicted octanol–water partition coefficient (Wildman–Crippen LogP) is 5.00. The summed E-state index contributed by atoms with van der Waals surface area (Å²) in [5.41, 5.74) is 1.37. The molecular weight excluding hydrogens is 430 g/mol. The van der Waals surface area contributed by atoms with E-state index in [0.29, 0.717) is 38.2 Å². The summed E-state index contributed by atoms with van der Waals surface area (Å²) in [5.74, 6) is 0.236. The van der Waals surface area contributed by atoms with E-state index in [1.54, 1.807) is 12.1 Å². The minimum atomic E-state index is -4.57. The van der Waals surface area contributed by atoms with Gasteiger partial charge < -0.3 is 14.2 Å². The summed E-state index contributed by atoms with van der Waals surface area (Å²) < 4.78 is 61.2. The van der Waals surface area contributed by atoms with Crippen LogP contribution in [0.5, 0.6) is 0 Å². The molecule has 3 heterocycles. The van der Waals surface area contributed by atoms with Crippen LogP contribution in [0.15, 0.2) is 34.9 Å². The number of halogens is 4. The summed E-state index contributed by atoms with van der Waals surface area (Å²) in [6.45, 7) is 2.97. The number of likely N-dealkylation sites (tertiary alicyclic amines) is 2. The van der Waals surface area contributed by atoms with E-state index in [2.05, 4.69) is 14.8 Å². The highest BCUT2D eigenvalue weighted by Crippen LogP contribution is 2.40. The molecule has 1 unspecified atom stereocenters. The lowest BCUT2D eigenvalue weighted by Gasteiger charge is -2.44. The number of carbonyl (C=O) groups is 1. The third kappa shape index (κ3) is 4.74. The van der Waals surface area contributed by atoms with Crippen LogP contribution >= 0.6 is 0 Å². The molecule has 2 aromatic rings. The molecule has 174 valence electrons. The molecule has 1 atom stereocenters. The van der Waals surface area contributed by atoms with E-state index in [1.807, 2.05) is 6.07 Å². The molecule has 1 aromatic heterocycles. The highest BCUT2D eigenvalue weighted by atomic mass is 19.4. The molecule has 0 radical (unpaired) electrons. The molecule has 0 bridgehead atoms. The van der Waals surface area contributed by atoms with Crippen LogP contribution in [0.4, 0.5) is 22.4 Å². The predicted molar refractivity (Wildman–Crippen MR) is 107 cm³/mol. The summed E-state index contributed by atoms with van der Waals surface area (Å²) in [6.07, 6.45) is -4.35. The Bertz CT molecular complexity index is 937. The normalized spacial score (nSPS) is 20.0. The van der Waals surface area contributed by atoms with Crippen molar-refractivity contribution >= 4 is 6.09 Å². The first-order valence-corrected chi connectivity index (χ1v) is 10.7. The minimum Gasteiger partial charge on any atom is -0.437 e. The largest absolute Gasteiger partial charge is 0.437 e. The van der Waals surface area contributed by atoms with Gasteiger partial charge in [-0.1, -0.05) is 5.16 Å². The Morgan fingerprint density at radius 1 is 1.19 bits per heavy atom. The third-order valence-electron chi connectivity index (χ3n) is 6.47. The maximum atomic E-state index is 13.1. The summed E-state index contributed by atoms with van der Waals surface area (Å²) in [4.78, 5) is 15.8. The van der Waals surface area contributed by atoms with E-state index >= 15 is 0 Å². The van der Waals surface area contributed by atoms with E-state index in [0.717, 1.165) is 37.6 Å². The number of benzene rings is 1. The van der Waals surface area contributed by atoms with Crippen LogP contribution in [0.25, 0.3) is 11.3 Å². The van der Waals surface area contributed by atoms with Crippen LogP contribution in [0, 0.1) is 5.82 Å². The molecule has 0 aliphatic carbocycles. The Morgan fingerprint density at radius 2 is 1.88 bits per heavy atom. The molecule has 0 saturated carbocycles. The fraction of sp³-hybridized carbons (Fsp3) is 0.545. The number of alkyl halides is 3. The van der Waals surface area contributed by atoms with Crippen LogP contribution in [0.3, 0.4) is 0 Å². The van der Waals surface area contributed by atoms with Crippen LogP contribution in [0.2, 0.25) is 0 Å². The monoisotopic (exact) mass is 455 g/mol. The average molecular weight is 455 g/mol. The molecule has 2 fully saturated rings. The maximum Gasteiger partial charge on any atom is 0.425 e. The zero-order valence-corrected chi connectivity index (χ0v) is 17.7. The molecule has 4 rings (SSSR count). The van der Waals surface area contributed by atoms with Gasteiger partial charge in [0.1, 0.15) is 5.82 Å². The van der Waals surface area contributed by atoms with Crippen molar-refractivity contribution in [1.29, 1.82) is 0 Å². The van der Waals surface area contributed by atoms with E-state index in [9.17, 15) is 22.4 Å². The topological polar surface area (TPSA) is 58.8 Å². The third-order valence-corrected chi connectivity index (χ3v) is 6.47. The smallest absolute Gasteiger partial charge is 0.425 e. The highest BCUT2D eigenvalue weighted by Gasteiger charge is 2.45. The number of ether oxygens (including phenoxy) is 1. The molecule has 6 nitrogen and oxygen atoms in total. The summed E-state index contributed by atoms with van der Waals surface area (Å²) >= 11 is 0. The fourth-order valence-corrected chi connectivity index (χ4v) is 4.54. The molecule has 0 N–H and O–H groups in total. The number of hydrogen-bond donors (Lipinski definition) is 0. The van der Waals surface area contributed by atoms with Crippen molar-refractivity contribution in [2.24, 2.45) is 0 Å². The van der Waals surface area contributed by atoms with Gasteiger partial charge in [0.15, 0.2) is 11.9 Å². The second-order valence-electron chi connectivity index (χ2n) is 8.49. The Kier molecular flexibility index (Phi) is 6.15. The summed E-state index contributed by atoms with van der Waals surface area (Å²) in [5, 5.41) is 4.15. The van der Waals surface area contributed by atoms with Crippen molar-refractivity contribution in [3.63, 3.8) is 0 Å². The Balaban J connectivity index is 1.36. The van der Waals surface area contributed by atoms with Crippen LogP contribution in [-0.2, 0) is 11.3 Å². The molecule has 1 aromatic carbocycles. The highest BCUT2D eigenvalue weighted by molar-refractivity contribution is 5.68. The number of carbonyl (C=O) groups excluding carboxylic acids is 1. The Hall–Kier alpha value is -2.62. The van der Waals surface area contributed by atoms with Gasteiger partial charge >= 0.3 is 12.3 Å². The maximum absolute atomic E-state index is 13.1. The van der Waals surface area contributed by atoms with Gasteiger partial charge in [0, 0.05) is 36.8 Å². The Morgan fingerprint density at radius 3 is 2.53 bits per heavy atom. The van der Waals surface area contributed by atoms with Crippen molar-refractivity contribution in [3.05, 3.63) is 41.8 Å². The second-order valence-corrected chi connectivity index (χ2v) is 8.49. The van der Waals surface area contributed by atoms with Gasteiger partial charge in [0.05, 0.1) is 5.69 Å². The average Bonchev–Trinajstić information content (AvgIpc) is 3.36. The van der Waals surface area contributed by atoms with E-state index in [4.69, 9.17) is 4.52 Å². The van der Waals surface area contributed by atoms with Gasteiger partial charge in [-0.2, -0.15) is 13.2 Å². The first-order chi connectivity index (χ1) is 15.2. The van der Waals surface area contributed by atoms with Gasteiger partial charge in [-0.05, 0) is 63.4 Å². The minimum absolute atomic E-state index is 0.124. The number of amides is 1. The zero-order chi connectivity index (χ0) is 22.9. The number of hydrogen-bond acceptors (Lipinski definition) is 5. The molecule has 32 heavy (non-hydrogen) atoms.